The van der Waals surface area contributed by atoms with E-state index in [0.29, 0.717) is 3.83 Å². The Morgan fingerprint density at radius 3 is 2.58 bits per heavy atom. The molecule has 12 heavy (non-hydrogen) atoms. The minimum atomic E-state index is 0.182. The van der Waals surface area contributed by atoms with Crippen LogP contribution in [0.2, 0.25) is 0 Å². The highest BCUT2D eigenvalue weighted by Crippen LogP contribution is 2.10. The molecule has 0 N–H and O–H groups in total. The molecule has 0 spiro atoms. The van der Waals surface area contributed by atoms with Gasteiger partial charge in [-0.3, -0.25) is 0 Å². The summed E-state index contributed by atoms with van der Waals surface area (Å²) in [6.07, 6.45) is 1.24. The molecule has 0 aromatic carbocycles. The van der Waals surface area contributed by atoms with E-state index in [4.69, 9.17) is 9.47 Å². The Balaban J connectivity index is 2.97. The fraction of sp³-hybridized carbons (Fsp3) is 0.167. The molecule has 0 radical (unpaired) electrons. The molecule has 1 heterocycles. The summed E-state index contributed by atoms with van der Waals surface area (Å²) in [5.41, 5.74) is 0. The van der Waals surface area contributed by atoms with E-state index >= 15 is 0 Å². The number of hydrogen-bond acceptors (Lipinski definition) is 5. The average Bonchev–Trinajstić information content (AvgIpc) is 2.04. The van der Waals surface area contributed by atoms with Crippen LogP contribution in [0.25, 0.3) is 0 Å². The second-order valence-corrected chi connectivity index (χ2v) is 2.62. The maximum Gasteiger partial charge on any atom is 0.328 e. The third-order valence-electron chi connectivity index (χ3n) is 0.938. The van der Waals surface area contributed by atoms with Gasteiger partial charge in [0.2, 0.25) is 3.83 Å². The van der Waals surface area contributed by atoms with Gasteiger partial charge in [0.05, 0.1) is 13.4 Å². The van der Waals surface area contributed by atoms with Crippen LogP contribution >= 0.6 is 22.6 Å². The Kier molecular flexibility index (Phi) is 3.20. The zero-order chi connectivity index (χ0) is 8.97. The molecule has 0 unspecified atom stereocenters. The van der Waals surface area contributed by atoms with E-state index in [1.165, 1.54) is 13.4 Å². The van der Waals surface area contributed by atoms with Gasteiger partial charge in [0.1, 0.15) is 0 Å². The predicted octanol–water partition coefficient (Wildman–Crippen LogP) is 1.01. The van der Waals surface area contributed by atoms with Gasteiger partial charge in [0.15, 0.2) is 0 Å². The van der Waals surface area contributed by atoms with Crippen LogP contribution in [0.5, 0.6) is 12.0 Å². The Morgan fingerprint density at radius 2 is 2.00 bits per heavy atom. The van der Waals surface area contributed by atoms with E-state index in [1.54, 1.807) is 0 Å². The molecule has 1 aromatic rings. The lowest BCUT2D eigenvalue weighted by atomic mass is 10.9. The standard InChI is InChI=1S/C6H6IN3O2/c1-3-12-6-9-4(7)8-5(10-6)11-2/h3H,1H2,2H3. The van der Waals surface area contributed by atoms with Crippen molar-refractivity contribution in [2.24, 2.45) is 0 Å². The molecule has 1 rings (SSSR count). The summed E-state index contributed by atoms with van der Waals surface area (Å²) >= 11 is 1.94. The highest BCUT2D eigenvalue weighted by Gasteiger charge is 2.03. The second kappa shape index (κ2) is 4.19. The molecular formula is C6H6IN3O2. The number of ether oxygens (including phenoxy) is 2. The van der Waals surface area contributed by atoms with Crippen molar-refractivity contribution in [3.05, 3.63) is 16.7 Å². The summed E-state index contributed by atoms with van der Waals surface area (Å²) in [5, 5.41) is 0. The monoisotopic (exact) mass is 279 g/mol. The molecule has 0 aliphatic carbocycles. The van der Waals surface area contributed by atoms with Crippen molar-refractivity contribution in [1.29, 1.82) is 0 Å². The molecule has 0 fully saturated rings. The van der Waals surface area contributed by atoms with Gasteiger partial charge in [-0.2, -0.15) is 9.97 Å². The van der Waals surface area contributed by atoms with Gasteiger partial charge in [-0.15, -0.1) is 4.98 Å². The van der Waals surface area contributed by atoms with Crippen molar-refractivity contribution < 1.29 is 9.47 Å². The Morgan fingerprint density at radius 1 is 1.33 bits per heavy atom. The lowest BCUT2D eigenvalue weighted by molar-refractivity contribution is 0.356. The van der Waals surface area contributed by atoms with E-state index < -0.39 is 0 Å². The van der Waals surface area contributed by atoms with Gasteiger partial charge in [-0.05, 0) is 0 Å². The van der Waals surface area contributed by atoms with Crippen LogP contribution in [-0.2, 0) is 0 Å². The zero-order valence-corrected chi connectivity index (χ0v) is 8.48. The van der Waals surface area contributed by atoms with Crippen LogP contribution in [0.1, 0.15) is 0 Å². The van der Waals surface area contributed by atoms with Crippen molar-refractivity contribution in [2.75, 3.05) is 7.11 Å². The first-order valence-electron chi connectivity index (χ1n) is 2.99. The fourth-order valence-electron chi connectivity index (χ4n) is 0.533. The van der Waals surface area contributed by atoms with Crippen molar-refractivity contribution in [3.63, 3.8) is 0 Å². The van der Waals surface area contributed by atoms with Gasteiger partial charge in [-0.25, -0.2) is 0 Å². The number of halogens is 1. The first-order valence-corrected chi connectivity index (χ1v) is 4.07. The van der Waals surface area contributed by atoms with Crippen LogP contribution in [0.15, 0.2) is 12.8 Å². The van der Waals surface area contributed by atoms with Crippen LogP contribution in [0.4, 0.5) is 0 Å². The van der Waals surface area contributed by atoms with E-state index in [-0.39, 0.29) is 12.0 Å². The van der Waals surface area contributed by atoms with Gasteiger partial charge in [0.25, 0.3) is 0 Å². The molecule has 1 aromatic heterocycles. The number of nitrogens with zero attached hydrogens (tertiary/aromatic N) is 3. The quantitative estimate of drug-likeness (QED) is 0.610. The molecule has 6 heteroatoms. The molecule has 0 atom stereocenters. The van der Waals surface area contributed by atoms with Crippen molar-refractivity contribution in [3.8, 4) is 12.0 Å². The molecule has 0 aliphatic rings. The average molecular weight is 279 g/mol. The molecule has 0 saturated carbocycles. The molecule has 64 valence electrons. The maximum atomic E-state index is 4.85. The Bertz CT molecular complexity index is 292. The Labute approximate surface area is 83.0 Å². The summed E-state index contributed by atoms with van der Waals surface area (Å²) in [6.45, 7) is 3.38. The summed E-state index contributed by atoms with van der Waals surface area (Å²) in [7, 11) is 1.48. The molecule has 0 bridgehead atoms. The first kappa shape index (κ1) is 9.17. The van der Waals surface area contributed by atoms with E-state index in [2.05, 4.69) is 21.5 Å². The molecule has 0 aliphatic heterocycles. The van der Waals surface area contributed by atoms with Crippen LogP contribution < -0.4 is 9.47 Å². The lowest BCUT2D eigenvalue weighted by Gasteiger charge is -2.00. The largest absolute Gasteiger partial charge is 0.467 e. The molecule has 0 amide bonds. The predicted molar refractivity (Wildman–Crippen MR) is 49.9 cm³/mol. The van der Waals surface area contributed by atoms with Gasteiger partial charge in [0, 0.05) is 22.6 Å². The summed E-state index contributed by atoms with van der Waals surface area (Å²) in [4.78, 5) is 11.5. The summed E-state index contributed by atoms with van der Waals surface area (Å²) in [5.74, 6) is 0. The van der Waals surface area contributed by atoms with Crippen LogP contribution in [-0.4, -0.2) is 22.1 Å². The van der Waals surface area contributed by atoms with Gasteiger partial charge >= 0.3 is 12.0 Å². The smallest absolute Gasteiger partial charge is 0.328 e. The third kappa shape index (κ3) is 2.29. The van der Waals surface area contributed by atoms with Gasteiger partial charge in [-0.1, -0.05) is 6.58 Å². The molecule has 0 saturated heterocycles. The molecule has 5 nitrogen and oxygen atoms in total. The maximum absolute atomic E-state index is 4.85. The van der Waals surface area contributed by atoms with Crippen molar-refractivity contribution in [2.45, 2.75) is 0 Å². The number of methoxy groups -OCH3 is 1. The summed E-state index contributed by atoms with van der Waals surface area (Å²) < 4.78 is 10.2. The zero-order valence-electron chi connectivity index (χ0n) is 6.32. The second-order valence-electron chi connectivity index (χ2n) is 1.66. The van der Waals surface area contributed by atoms with Crippen molar-refractivity contribution in [1.82, 2.24) is 15.0 Å². The highest BCUT2D eigenvalue weighted by molar-refractivity contribution is 14.1. The topological polar surface area (TPSA) is 57.1 Å². The Hall–Kier alpha value is -0.920. The minimum absolute atomic E-state index is 0.182. The van der Waals surface area contributed by atoms with Crippen LogP contribution in [0, 0.1) is 3.83 Å². The SMILES string of the molecule is C=COc1nc(I)nc(OC)n1. The molecular weight excluding hydrogens is 273 g/mol. The highest BCUT2D eigenvalue weighted by atomic mass is 127. The summed E-state index contributed by atoms with van der Waals surface area (Å²) in [6, 6.07) is 0.410. The number of hydrogen-bond donors (Lipinski definition) is 0. The van der Waals surface area contributed by atoms with Crippen LogP contribution in [0.3, 0.4) is 0 Å². The normalized spacial score (nSPS) is 9.17. The third-order valence-corrected chi connectivity index (χ3v) is 1.42. The minimum Gasteiger partial charge on any atom is -0.467 e. The lowest BCUT2D eigenvalue weighted by Crippen LogP contribution is -1.99. The van der Waals surface area contributed by atoms with Gasteiger partial charge < -0.3 is 9.47 Å². The fourth-order valence-corrected chi connectivity index (χ4v) is 0.946. The van der Waals surface area contributed by atoms with E-state index in [1.807, 2.05) is 22.6 Å². The first-order chi connectivity index (χ1) is 5.76. The number of aromatic nitrogens is 3. The van der Waals surface area contributed by atoms with E-state index in [0.717, 1.165) is 0 Å². The van der Waals surface area contributed by atoms with E-state index in [9.17, 15) is 0 Å². The number of rotatable bonds is 3. The van der Waals surface area contributed by atoms with Crippen molar-refractivity contribution >= 4 is 22.6 Å².